The molecular formula is C6H11N5O2S. The van der Waals surface area contributed by atoms with Gasteiger partial charge in [0.1, 0.15) is 5.82 Å². The van der Waals surface area contributed by atoms with E-state index >= 15 is 0 Å². The van der Waals surface area contributed by atoms with Crippen molar-refractivity contribution in [3.8, 4) is 0 Å². The standard InChI is InChI=1S/C6H11N5O2S/c1-14(12,13)3-2-5(7)4-6-8-10-11-9-6/h2-3,5H,4,7H2,1H3,(H,8,9,10,11)/b3-2+/t5-/m1/s1. The number of H-pyrrole nitrogens is 1. The summed E-state index contributed by atoms with van der Waals surface area (Å²) in [6.07, 6.45) is 2.88. The van der Waals surface area contributed by atoms with E-state index in [0.29, 0.717) is 12.2 Å². The Morgan fingerprint density at radius 3 is 2.86 bits per heavy atom. The fraction of sp³-hybridized carbons (Fsp3) is 0.500. The first-order valence-corrected chi connectivity index (χ1v) is 5.79. The van der Waals surface area contributed by atoms with E-state index in [2.05, 4.69) is 20.6 Å². The molecule has 0 saturated carbocycles. The quantitative estimate of drug-likeness (QED) is 0.643. The third kappa shape index (κ3) is 4.10. The molecule has 0 saturated heterocycles. The summed E-state index contributed by atoms with van der Waals surface area (Å²) < 4.78 is 21.5. The third-order valence-corrected chi connectivity index (χ3v) is 2.04. The van der Waals surface area contributed by atoms with E-state index in [1.165, 1.54) is 6.08 Å². The highest BCUT2D eigenvalue weighted by molar-refractivity contribution is 7.93. The fourth-order valence-electron chi connectivity index (χ4n) is 0.800. The van der Waals surface area contributed by atoms with Crippen molar-refractivity contribution in [2.45, 2.75) is 12.5 Å². The van der Waals surface area contributed by atoms with Crippen LogP contribution in [0.2, 0.25) is 0 Å². The SMILES string of the molecule is CS(=O)(=O)/C=C/[C@@H](N)Cc1nnn[nH]1. The first kappa shape index (κ1) is 10.8. The average Bonchev–Trinajstić information content (AvgIpc) is 2.52. The second-order valence-corrected chi connectivity index (χ2v) is 4.81. The number of nitrogens with two attached hydrogens (primary N) is 1. The number of aromatic amines is 1. The summed E-state index contributed by atoms with van der Waals surface area (Å²) >= 11 is 0. The molecule has 7 nitrogen and oxygen atoms in total. The van der Waals surface area contributed by atoms with Crippen LogP contribution in [0.15, 0.2) is 11.5 Å². The third-order valence-electron chi connectivity index (χ3n) is 1.39. The Hall–Kier alpha value is -1.28. The van der Waals surface area contributed by atoms with Crippen molar-refractivity contribution in [1.29, 1.82) is 0 Å². The van der Waals surface area contributed by atoms with E-state index in [1.54, 1.807) is 0 Å². The Bertz CT molecular complexity index is 396. The summed E-state index contributed by atoms with van der Waals surface area (Å²) in [6, 6.07) is -0.417. The first-order chi connectivity index (χ1) is 6.47. The fourth-order valence-corrected chi connectivity index (χ4v) is 1.29. The Balaban J connectivity index is 2.52. The second kappa shape index (κ2) is 4.29. The van der Waals surface area contributed by atoms with E-state index in [9.17, 15) is 8.42 Å². The molecule has 0 spiro atoms. The lowest BCUT2D eigenvalue weighted by atomic mass is 10.2. The van der Waals surface area contributed by atoms with Crippen molar-refractivity contribution >= 4 is 9.84 Å². The summed E-state index contributed by atoms with van der Waals surface area (Å²) in [5.74, 6) is 0.524. The number of aromatic nitrogens is 4. The molecule has 0 fully saturated rings. The summed E-state index contributed by atoms with van der Waals surface area (Å²) in [5, 5.41) is 14.0. The van der Waals surface area contributed by atoms with Gasteiger partial charge in [-0.2, -0.15) is 0 Å². The molecule has 0 aliphatic heterocycles. The van der Waals surface area contributed by atoms with Crippen LogP contribution in [0.4, 0.5) is 0 Å². The van der Waals surface area contributed by atoms with Crippen molar-refractivity contribution in [2.24, 2.45) is 5.73 Å². The molecule has 78 valence electrons. The average molecular weight is 217 g/mol. The largest absolute Gasteiger partial charge is 0.324 e. The highest BCUT2D eigenvalue weighted by Crippen LogP contribution is 1.95. The number of hydrogen-bond donors (Lipinski definition) is 2. The van der Waals surface area contributed by atoms with Gasteiger partial charge in [0.2, 0.25) is 0 Å². The van der Waals surface area contributed by atoms with Crippen LogP contribution in [0.3, 0.4) is 0 Å². The zero-order valence-electron chi connectivity index (χ0n) is 7.58. The van der Waals surface area contributed by atoms with E-state index in [-0.39, 0.29) is 0 Å². The molecule has 14 heavy (non-hydrogen) atoms. The molecule has 0 radical (unpaired) electrons. The van der Waals surface area contributed by atoms with Gasteiger partial charge >= 0.3 is 0 Å². The van der Waals surface area contributed by atoms with Crippen molar-refractivity contribution in [2.75, 3.05) is 6.26 Å². The number of nitrogens with one attached hydrogen (secondary N) is 1. The second-order valence-electron chi connectivity index (χ2n) is 2.87. The summed E-state index contributed by atoms with van der Waals surface area (Å²) in [6.45, 7) is 0. The molecule has 1 atom stereocenters. The zero-order chi connectivity index (χ0) is 10.6. The smallest absolute Gasteiger partial charge is 0.168 e. The minimum atomic E-state index is -3.12. The van der Waals surface area contributed by atoms with E-state index in [0.717, 1.165) is 11.7 Å². The van der Waals surface area contributed by atoms with Gasteiger partial charge in [-0.15, -0.1) is 5.10 Å². The summed E-state index contributed by atoms with van der Waals surface area (Å²) in [5.41, 5.74) is 5.61. The zero-order valence-corrected chi connectivity index (χ0v) is 8.40. The molecule has 1 heterocycles. The Labute approximate surface area is 81.3 Å². The van der Waals surface area contributed by atoms with Crippen LogP contribution in [0.25, 0.3) is 0 Å². The van der Waals surface area contributed by atoms with Gasteiger partial charge in [-0.25, -0.2) is 13.5 Å². The molecule has 0 amide bonds. The van der Waals surface area contributed by atoms with E-state index in [4.69, 9.17) is 5.73 Å². The van der Waals surface area contributed by atoms with Crippen LogP contribution in [0, 0.1) is 0 Å². The Morgan fingerprint density at radius 1 is 1.64 bits per heavy atom. The van der Waals surface area contributed by atoms with Crippen LogP contribution in [-0.4, -0.2) is 41.3 Å². The molecule has 3 N–H and O–H groups in total. The van der Waals surface area contributed by atoms with Gasteiger partial charge in [0.25, 0.3) is 0 Å². The topological polar surface area (TPSA) is 115 Å². The Kier molecular flexibility index (Phi) is 3.31. The lowest BCUT2D eigenvalue weighted by Crippen LogP contribution is -2.21. The number of tetrazole rings is 1. The van der Waals surface area contributed by atoms with Crippen molar-refractivity contribution in [3.63, 3.8) is 0 Å². The molecule has 0 bridgehead atoms. The molecular weight excluding hydrogens is 206 g/mol. The van der Waals surface area contributed by atoms with Gasteiger partial charge in [0, 0.05) is 24.1 Å². The van der Waals surface area contributed by atoms with Gasteiger partial charge in [0.05, 0.1) is 0 Å². The number of rotatable bonds is 4. The van der Waals surface area contributed by atoms with Gasteiger partial charge in [0.15, 0.2) is 9.84 Å². The van der Waals surface area contributed by atoms with Crippen LogP contribution >= 0.6 is 0 Å². The predicted octanol–water partition coefficient (Wildman–Crippen LogP) is -1.37. The maximum absolute atomic E-state index is 10.7. The van der Waals surface area contributed by atoms with E-state index < -0.39 is 15.9 Å². The minimum absolute atomic E-state index is 0.374. The van der Waals surface area contributed by atoms with Crippen LogP contribution in [-0.2, 0) is 16.3 Å². The lowest BCUT2D eigenvalue weighted by molar-refractivity contribution is 0.609. The maximum Gasteiger partial charge on any atom is 0.168 e. The molecule has 1 aromatic heterocycles. The molecule has 0 aromatic carbocycles. The van der Waals surface area contributed by atoms with Gasteiger partial charge in [-0.05, 0) is 10.4 Å². The highest BCUT2D eigenvalue weighted by Gasteiger charge is 2.04. The normalized spacial score (nSPS) is 14.7. The van der Waals surface area contributed by atoms with Gasteiger partial charge in [-0.1, -0.05) is 6.08 Å². The molecule has 1 rings (SSSR count). The molecule has 0 aliphatic rings. The summed E-state index contributed by atoms with van der Waals surface area (Å²) in [4.78, 5) is 0. The van der Waals surface area contributed by atoms with Crippen molar-refractivity contribution in [3.05, 3.63) is 17.3 Å². The Morgan fingerprint density at radius 2 is 2.36 bits per heavy atom. The number of nitrogens with zero attached hydrogens (tertiary/aromatic N) is 3. The number of sulfone groups is 1. The summed E-state index contributed by atoms with van der Waals surface area (Å²) in [7, 11) is -3.12. The molecule has 1 aromatic rings. The predicted molar refractivity (Wildman–Crippen MR) is 49.8 cm³/mol. The van der Waals surface area contributed by atoms with Crippen LogP contribution in [0.1, 0.15) is 5.82 Å². The highest BCUT2D eigenvalue weighted by atomic mass is 32.2. The van der Waals surface area contributed by atoms with E-state index in [1.807, 2.05) is 0 Å². The van der Waals surface area contributed by atoms with Crippen LogP contribution in [0.5, 0.6) is 0 Å². The molecule has 0 unspecified atom stereocenters. The van der Waals surface area contributed by atoms with Gasteiger partial charge in [-0.3, -0.25) is 0 Å². The minimum Gasteiger partial charge on any atom is -0.324 e. The molecule has 0 aliphatic carbocycles. The lowest BCUT2D eigenvalue weighted by Gasteiger charge is -2.01. The van der Waals surface area contributed by atoms with Crippen molar-refractivity contribution in [1.82, 2.24) is 20.6 Å². The molecule has 8 heteroatoms. The van der Waals surface area contributed by atoms with Crippen LogP contribution < -0.4 is 5.73 Å². The first-order valence-electron chi connectivity index (χ1n) is 3.84. The maximum atomic E-state index is 10.7. The number of hydrogen-bond acceptors (Lipinski definition) is 6. The van der Waals surface area contributed by atoms with Crippen molar-refractivity contribution < 1.29 is 8.42 Å². The van der Waals surface area contributed by atoms with Gasteiger partial charge < -0.3 is 5.73 Å². The monoisotopic (exact) mass is 217 g/mol.